The summed E-state index contributed by atoms with van der Waals surface area (Å²) in [6.45, 7) is 7.23. The monoisotopic (exact) mass is 259 g/mol. The van der Waals surface area contributed by atoms with Crippen LogP contribution in [0.2, 0.25) is 0 Å². The summed E-state index contributed by atoms with van der Waals surface area (Å²) in [5, 5.41) is 11.9. The molecule has 0 aromatic rings. The molecule has 3 nitrogen and oxygen atoms in total. The van der Waals surface area contributed by atoms with Crippen molar-refractivity contribution in [3.63, 3.8) is 0 Å². The van der Waals surface area contributed by atoms with Gasteiger partial charge in [0.05, 0.1) is 4.75 Å². The zero-order chi connectivity index (χ0) is 12.9. The van der Waals surface area contributed by atoms with Gasteiger partial charge >= 0.3 is 0 Å². The molecule has 0 radical (unpaired) electrons. The lowest BCUT2D eigenvalue weighted by molar-refractivity contribution is -0.123. The highest BCUT2D eigenvalue weighted by Gasteiger charge is 2.37. The first kappa shape index (κ1) is 14.8. The van der Waals surface area contributed by atoms with E-state index in [-0.39, 0.29) is 22.7 Å². The average Bonchev–Trinajstić information content (AvgIpc) is 2.72. The third-order valence-corrected chi connectivity index (χ3v) is 4.96. The van der Waals surface area contributed by atoms with E-state index in [0.29, 0.717) is 6.54 Å². The Balaban J connectivity index is 2.36. The molecule has 1 unspecified atom stereocenters. The van der Waals surface area contributed by atoms with Gasteiger partial charge in [-0.15, -0.1) is 11.8 Å². The van der Waals surface area contributed by atoms with Crippen LogP contribution in [0.4, 0.5) is 0 Å². The van der Waals surface area contributed by atoms with Crippen LogP contribution in [0.15, 0.2) is 0 Å². The SMILES string of the molecule is CC(C)(CCCO)CNC(=O)C1(C)CCCS1. The minimum atomic E-state index is -0.215. The molecular weight excluding hydrogens is 234 g/mol. The van der Waals surface area contributed by atoms with Gasteiger partial charge in [0.15, 0.2) is 0 Å². The topological polar surface area (TPSA) is 49.3 Å². The maximum absolute atomic E-state index is 12.1. The lowest BCUT2D eigenvalue weighted by Gasteiger charge is -2.28. The molecule has 17 heavy (non-hydrogen) atoms. The van der Waals surface area contributed by atoms with Gasteiger partial charge < -0.3 is 10.4 Å². The third-order valence-electron chi connectivity index (χ3n) is 3.44. The van der Waals surface area contributed by atoms with E-state index in [9.17, 15) is 4.79 Å². The number of rotatable bonds is 6. The molecular formula is C13H25NO2S. The van der Waals surface area contributed by atoms with Gasteiger partial charge in [0.25, 0.3) is 0 Å². The lowest BCUT2D eigenvalue weighted by Crippen LogP contribution is -2.44. The number of carbonyl (C=O) groups excluding carboxylic acids is 1. The van der Waals surface area contributed by atoms with Crippen molar-refractivity contribution >= 4 is 17.7 Å². The number of aliphatic hydroxyl groups is 1. The van der Waals surface area contributed by atoms with E-state index >= 15 is 0 Å². The highest BCUT2D eigenvalue weighted by atomic mass is 32.2. The smallest absolute Gasteiger partial charge is 0.235 e. The van der Waals surface area contributed by atoms with Crippen molar-refractivity contribution in [3.05, 3.63) is 0 Å². The second kappa shape index (κ2) is 6.10. The van der Waals surface area contributed by atoms with Gasteiger partial charge in [-0.1, -0.05) is 13.8 Å². The van der Waals surface area contributed by atoms with Gasteiger partial charge in [-0.2, -0.15) is 0 Å². The summed E-state index contributed by atoms with van der Waals surface area (Å²) in [5.41, 5.74) is 0.0675. The number of thioether (sulfide) groups is 1. The Bertz CT molecular complexity index is 260. The van der Waals surface area contributed by atoms with Crippen LogP contribution in [-0.2, 0) is 4.79 Å². The standard InChI is InChI=1S/C13H25NO2S/c1-12(2,6-4-8-15)10-14-11(16)13(3)7-5-9-17-13/h15H,4-10H2,1-3H3,(H,14,16). The molecule has 100 valence electrons. The van der Waals surface area contributed by atoms with Gasteiger partial charge in [0.2, 0.25) is 5.91 Å². The Morgan fingerprint density at radius 1 is 1.53 bits per heavy atom. The van der Waals surface area contributed by atoms with Crippen LogP contribution < -0.4 is 5.32 Å². The summed E-state index contributed by atoms with van der Waals surface area (Å²) >= 11 is 1.77. The summed E-state index contributed by atoms with van der Waals surface area (Å²) in [5.74, 6) is 1.27. The molecule has 2 N–H and O–H groups in total. The highest BCUT2D eigenvalue weighted by molar-refractivity contribution is 8.01. The Kier molecular flexibility index (Phi) is 5.32. The Hall–Kier alpha value is -0.220. The molecule has 1 aliphatic rings. The van der Waals surface area contributed by atoms with Crippen molar-refractivity contribution in [1.82, 2.24) is 5.32 Å². The lowest BCUT2D eigenvalue weighted by atomic mass is 9.87. The number of nitrogens with one attached hydrogen (secondary N) is 1. The van der Waals surface area contributed by atoms with Crippen molar-refractivity contribution in [1.29, 1.82) is 0 Å². The highest BCUT2D eigenvalue weighted by Crippen LogP contribution is 2.38. The first-order chi connectivity index (χ1) is 7.90. The van der Waals surface area contributed by atoms with Crippen molar-refractivity contribution in [2.45, 2.75) is 51.2 Å². The quantitative estimate of drug-likeness (QED) is 0.769. The predicted octanol–water partition coefficient (Wildman–Crippen LogP) is 2.19. The van der Waals surface area contributed by atoms with Crippen molar-refractivity contribution in [2.75, 3.05) is 18.9 Å². The normalized spacial score (nSPS) is 24.9. The number of aliphatic hydroxyl groups excluding tert-OH is 1. The molecule has 1 rings (SSSR count). The summed E-state index contributed by atoms with van der Waals surface area (Å²) in [7, 11) is 0. The van der Waals surface area contributed by atoms with Crippen LogP contribution >= 0.6 is 11.8 Å². The Morgan fingerprint density at radius 2 is 2.24 bits per heavy atom. The van der Waals surface area contributed by atoms with Gasteiger partial charge in [0, 0.05) is 13.2 Å². The molecule has 1 fully saturated rings. The molecule has 0 bridgehead atoms. The van der Waals surface area contributed by atoms with Gasteiger partial charge in [-0.25, -0.2) is 0 Å². The fraction of sp³-hybridized carbons (Fsp3) is 0.923. The first-order valence-corrected chi connectivity index (χ1v) is 7.41. The van der Waals surface area contributed by atoms with Gasteiger partial charge in [0.1, 0.15) is 0 Å². The van der Waals surface area contributed by atoms with Crippen LogP contribution in [-0.4, -0.2) is 34.7 Å². The van der Waals surface area contributed by atoms with Crippen LogP contribution in [0.3, 0.4) is 0 Å². The van der Waals surface area contributed by atoms with Gasteiger partial charge in [-0.3, -0.25) is 4.79 Å². The largest absolute Gasteiger partial charge is 0.396 e. The van der Waals surface area contributed by atoms with E-state index < -0.39 is 0 Å². The summed E-state index contributed by atoms with van der Waals surface area (Å²) in [6.07, 6.45) is 3.87. The van der Waals surface area contributed by atoms with Crippen LogP contribution in [0, 0.1) is 5.41 Å². The minimum absolute atomic E-state index is 0.0675. The zero-order valence-electron chi connectivity index (χ0n) is 11.2. The fourth-order valence-electron chi connectivity index (χ4n) is 2.11. The predicted molar refractivity (Wildman–Crippen MR) is 73.2 cm³/mol. The average molecular weight is 259 g/mol. The maximum atomic E-state index is 12.1. The molecule has 1 atom stereocenters. The summed E-state index contributed by atoms with van der Waals surface area (Å²) in [4.78, 5) is 12.1. The molecule has 0 aliphatic carbocycles. The molecule has 0 aromatic heterocycles. The molecule has 1 amide bonds. The molecule has 0 aromatic carbocycles. The van der Waals surface area contributed by atoms with E-state index in [4.69, 9.17) is 5.11 Å². The van der Waals surface area contributed by atoms with Crippen LogP contribution in [0.25, 0.3) is 0 Å². The number of amides is 1. The van der Waals surface area contributed by atoms with Gasteiger partial charge in [-0.05, 0) is 43.8 Å². The Labute approximate surface area is 109 Å². The second-order valence-electron chi connectivity index (χ2n) is 5.86. The van der Waals surface area contributed by atoms with Crippen LogP contribution in [0.5, 0.6) is 0 Å². The van der Waals surface area contributed by atoms with Crippen molar-refractivity contribution in [3.8, 4) is 0 Å². The second-order valence-corrected chi connectivity index (χ2v) is 7.45. The van der Waals surface area contributed by atoms with E-state index in [1.807, 2.05) is 6.92 Å². The molecule has 0 saturated carbocycles. The Morgan fingerprint density at radius 3 is 2.76 bits per heavy atom. The zero-order valence-corrected chi connectivity index (χ0v) is 12.0. The third kappa shape index (κ3) is 4.51. The first-order valence-electron chi connectivity index (χ1n) is 6.43. The molecule has 1 heterocycles. The fourth-order valence-corrected chi connectivity index (χ4v) is 3.34. The van der Waals surface area contributed by atoms with Crippen LogP contribution in [0.1, 0.15) is 46.5 Å². The number of carbonyl (C=O) groups is 1. The van der Waals surface area contributed by atoms with E-state index in [0.717, 1.165) is 31.4 Å². The van der Waals surface area contributed by atoms with E-state index in [1.54, 1.807) is 11.8 Å². The molecule has 4 heteroatoms. The maximum Gasteiger partial charge on any atom is 0.235 e. The van der Waals surface area contributed by atoms with E-state index in [2.05, 4.69) is 19.2 Å². The minimum Gasteiger partial charge on any atom is -0.396 e. The number of hydrogen-bond donors (Lipinski definition) is 2. The number of hydrogen-bond acceptors (Lipinski definition) is 3. The van der Waals surface area contributed by atoms with Crippen molar-refractivity contribution < 1.29 is 9.90 Å². The molecule has 1 aliphatic heterocycles. The molecule has 0 spiro atoms. The molecule has 1 saturated heterocycles. The summed E-state index contributed by atoms with van der Waals surface area (Å²) in [6, 6.07) is 0. The van der Waals surface area contributed by atoms with E-state index in [1.165, 1.54) is 0 Å². The summed E-state index contributed by atoms with van der Waals surface area (Å²) < 4.78 is -0.215. The van der Waals surface area contributed by atoms with Crippen molar-refractivity contribution in [2.24, 2.45) is 5.41 Å².